The van der Waals surface area contributed by atoms with E-state index < -0.39 is 0 Å². The Labute approximate surface area is 122 Å². The number of aryl methyl sites for hydroxylation is 1. The zero-order valence-electron chi connectivity index (χ0n) is 10.6. The smallest absolute Gasteiger partial charge is 0.129 e. The maximum absolute atomic E-state index is 13.7. The molecular formula is C15H15ClFNS. The van der Waals surface area contributed by atoms with Crippen LogP contribution in [0.1, 0.15) is 17.2 Å². The molecule has 0 aliphatic heterocycles. The fourth-order valence-electron chi connectivity index (χ4n) is 1.78. The van der Waals surface area contributed by atoms with E-state index in [4.69, 9.17) is 17.3 Å². The van der Waals surface area contributed by atoms with E-state index in [-0.39, 0.29) is 11.9 Å². The molecule has 0 aliphatic carbocycles. The molecule has 4 heteroatoms. The van der Waals surface area contributed by atoms with E-state index >= 15 is 0 Å². The van der Waals surface area contributed by atoms with Gasteiger partial charge in [-0.2, -0.15) is 0 Å². The van der Waals surface area contributed by atoms with Gasteiger partial charge < -0.3 is 5.73 Å². The Hall–Kier alpha value is -1.03. The molecule has 100 valence electrons. The molecular weight excluding hydrogens is 281 g/mol. The van der Waals surface area contributed by atoms with Crippen molar-refractivity contribution >= 4 is 23.4 Å². The molecule has 0 amide bonds. The van der Waals surface area contributed by atoms with Crippen molar-refractivity contribution in [2.45, 2.75) is 17.9 Å². The lowest BCUT2D eigenvalue weighted by atomic mass is 10.1. The van der Waals surface area contributed by atoms with Crippen molar-refractivity contribution in [1.82, 2.24) is 0 Å². The molecule has 0 spiro atoms. The lowest BCUT2D eigenvalue weighted by Gasteiger charge is -2.13. The highest BCUT2D eigenvalue weighted by Crippen LogP contribution is 2.26. The summed E-state index contributed by atoms with van der Waals surface area (Å²) in [5, 5.41) is 0.389. The molecule has 0 saturated heterocycles. The van der Waals surface area contributed by atoms with Gasteiger partial charge >= 0.3 is 0 Å². The van der Waals surface area contributed by atoms with Crippen LogP contribution in [0.15, 0.2) is 47.4 Å². The monoisotopic (exact) mass is 295 g/mol. The number of halogens is 2. The third-order valence-electron chi connectivity index (χ3n) is 2.78. The Bertz CT molecular complexity index is 574. The van der Waals surface area contributed by atoms with Crippen LogP contribution in [0.3, 0.4) is 0 Å². The number of rotatable bonds is 4. The first kappa shape index (κ1) is 14.4. The van der Waals surface area contributed by atoms with Crippen LogP contribution in [-0.2, 0) is 0 Å². The van der Waals surface area contributed by atoms with Crippen molar-refractivity contribution in [3.8, 4) is 0 Å². The second kappa shape index (κ2) is 6.42. The van der Waals surface area contributed by atoms with Crippen LogP contribution in [0.5, 0.6) is 0 Å². The Morgan fingerprint density at radius 3 is 2.74 bits per heavy atom. The van der Waals surface area contributed by atoms with Gasteiger partial charge in [0, 0.05) is 27.3 Å². The van der Waals surface area contributed by atoms with Gasteiger partial charge in [0.15, 0.2) is 0 Å². The standard InChI is InChI=1S/C15H15ClFNS/c1-10-3-2-4-12(7-10)19-9-15(18)13-6-5-11(16)8-14(13)17/h2-8,15H,9,18H2,1H3. The maximum atomic E-state index is 13.7. The largest absolute Gasteiger partial charge is 0.323 e. The summed E-state index contributed by atoms with van der Waals surface area (Å²) in [6, 6.07) is 12.4. The highest BCUT2D eigenvalue weighted by molar-refractivity contribution is 7.99. The summed E-state index contributed by atoms with van der Waals surface area (Å²) in [5.41, 5.74) is 7.74. The van der Waals surface area contributed by atoms with E-state index in [2.05, 4.69) is 6.07 Å². The average molecular weight is 296 g/mol. The Kier molecular flexibility index (Phi) is 4.86. The lowest BCUT2D eigenvalue weighted by molar-refractivity contribution is 0.595. The maximum Gasteiger partial charge on any atom is 0.129 e. The summed E-state index contributed by atoms with van der Waals surface area (Å²) in [5.74, 6) is 0.284. The highest BCUT2D eigenvalue weighted by Gasteiger charge is 2.12. The van der Waals surface area contributed by atoms with E-state index in [9.17, 15) is 4.39 Å². The predicted octanol–water partition coefficient (Wildman–Crippen LogP) is 4.58. The molecule has 19 heavy (non-hydrogen) atoms. The summed E-state index contributed by atoms with van der Waals surface area (Å²) in [6.07, 6.45) is 0. The topological polar surface area (TPSA) is 26.0 Å². The van der Waals surface area contributed by atoms with Gasteiger partial charge in [-0.05, 0) is 31.2 Å². The van der Waals surface area contributed by atoms with Gasteiger partial charge in [0.1, 0.15) is 5.82 Å². The Morgan fingerprint density at radius 2 is 2.05 bits per heavy atom. The first-order chi connectivity index (χ1) is 9.06. The Balaban J connectivity index is 2.03. The van der Waals surface area contributed by atoms with Gasteiger partial charge in [0.05, 0.1) is 0 Å². The fourth-order valence-corrected chi connectivity index (χ4v) is 2.94. The van der Waals surface area contributed by atoms with Crippen molar-refractivity contribution in [3.05, 3.63) is 64.4 Å². The fraction of sp³-hybridized carbons (Fsp3) is 0.200. The first-order valence-corrected chi connectivity index (χ1v) is 7.32. The van der Waals surface area contributed by atoms with Crippen molar-refractivity contribution < 1.29 is 4.39 Å². The number of hydrogen-bond acceptors (Lipinski definition) is 2. The minimum absolute atomic E-state index is 0.343. The van der Waals surface area contributed by atoms with E-state index in [1.54, 1.807) is 23.9 Å². The molecule has 0 radical (unpaired) electrons. The van der Waals surface area contributed by atoms with Crippen LogP contribution in [0, 0.1) is 12.7 Å². The molecule has 0 aromatic heterocycles. The minimum atomic E-state index is -0.345. The predicted molar refractivity (Wildman–Crippen MR) is 80.2 cm³/mol. The molecule has 0 heterocycles. The van der Waals surface area contributed by atoms with Gasteiger partial charge in [0.25, 0.3) is 0 Å². The number of thioether (sulfide) groups is 1. The van der Waals surface area contributed by atoms with Crippen LogP contribution in [0.4, 0.5) is 4.39 Å². The van der Waals surface area contributed by atoms with Crippen molar-refractivity contribution in [2.24, 2.45) is 5.73 Å². The summed E-state index contributed by atoms with van der Waals surface area (Å²) in [4.78, 5) is 1.14. The normalized spacial score (nSPS) is 12.4. The van der Waals surface area contributed by atoms with E-state index in [0.717, 1.165) is 4.90 Å². The molecule has 2 rings (SSSR count). The van der Waals surface area contributed by atoms with Crippen LogP contribution in [0.25, 0.3) is 0 Å². The summed E-state index contributed by atoms with van der Waals surface area (Å²) >= 11 is 7.35. The molecule has 0 bridgehead atoms. The second-order valence-electron chi connectivity index (χ2n) is 4.40. The molecule has 2 aromatic rings. The molecule has 0 fully saturated rings. The van der Waals surface area contributed by atoms with E-state index in [1.165, 1.54) is 11.6 Å². The molecule has 2 N–H and O–H groups in total. The minimum Gasteiger partial charge on any atom is -0.323 e. The summed E-state index contributed by atoms with van der Waals surface area (Å²) < 4.78 is 13.7. The van der Waals surface area contributed by atoms with E-state index in [0.29, 0.717) is 16.3 Å². The van der Waals surface area contributed by atoms with Gasteiger partial charge in [-0.25, -0.2) is 4.39 Å². The van der Waals surface area contributed by atoms with Gasteiger partial charge in [-0.1, -0.05) is 35.4 Å². The zero-order chi connectivity index (χ0) is 13.8. The molecule has 1 unspecified atom stereocenters. The van der Waals surface area contributed by atoms with Gasteiger partial charge in [-0.3, -0.25) is 0 Å². The quantitative estimate of drug-likeness (QED) is 0.836. The third-order valence-corrected chi connectivity index (χ3v) is 4.13. The molecule has 1 nitrogen and oxygen atoms in total. The first-order valence-electron chi connectivity index (χ1n) is 5.96. The molecule has 1 atom stereocenters. The molecule has 0 saturated carbocycles. The van der Waals surface area contributed by atoms with Crippen molar-refractivity contribution in [1.29, 1.82) is 0 Å². The molecule has 2 aromatic carbocycles. The summed E-state index contributed by atoms with van der Waals surface area (Å²) in [6.45, 7) is 2.04. The van der Waals surface area contributed by atoms with Gasteiger partial charge in [0.2, 0.25) is 0 Å². The summed E-state index contributed by atoms with van der Waals surface area (Å²) in [7, 11) is 0. The van der Waals surface area contributed by atoms with Crippen LogP contribution in [0.2, 0.25) is 5.02 Å². The van der Waals surface area contributed by atoms with Gasteiger partial charge in [-0.15, -0.1) is 11.8 Å². The second-order valence-corrected chi connectivity index (χ2v) is 5.93. The number of nitrogens with two attached hydrogens (primary N) is 1. The van der Waals surface area contributed by atoms with Crippen molar-refractivity contribution in [3.63, 3.8) is 0 Å². The lowest BCUT2D eigenvalue weighted by Crippen LogP contribution is -2.14. The van der Waals surface area contributed by atoms with Crippen molar-refractivity contribution in [2.75, 3.05) is 5.75 Å². The van der Waals surface area contributed by atoms with Crippen LogP contribution in [-0.4, -0.2) is 5.75 Å². The van der Waals surface area contributed by atoms with Crippen LogP contribution < -0.4 is 5.73 Å². The third kappa shape index (κ3) is 3.96. The van der Waals surface area contributed by atoms with E-state index in [1.807, 2.05) is 25.1 Å². The molecule has 0 aliphatic rings. The highest BCUT2D eigenvalue weighted by atomic mass is 35.5. The SMILES string of the molecule is Cc1cccc(SCC(N)c2ccc(Cl)cc2F)c1. The zero-order valence-corrected chi connectivity index (χ0v) is 12.1. The van der Waals surface area contributed by atoms with Crippen LogP contribution >= 0.6 is 23.4 Å². The Morgan fingerprint density at radius 1 is 1.26 bits per heavy atom. The number of hydrogen-bond donors (Lipinski definition) is 1. The average Bonchev–Trinajstić information content (AvgIpc) is 2.36. The number of benzene rings is 2.